The number of ether oxygens (including phenoxy) is 1. The maximum absolute atomic E-state index is 10.4. The molecule has 2 atom stereocenters. The molecule has 1 aromatic heterocycles. The Morgan fingerprint density at radius 2 is 1.89 bits per heavy atom. The number of nitrogens with one attached hydrogen (secondary N) is 1. The maximum Gasteiger partial charge on any atom is 0.135 e. The van der Waals surface area contributed by atoms with Crippen molar-refractivity contribution in [2.75, 3.05) is 7.11 Å². The first-order chi connectivity index (χ1) is 13.2. The number of para-hydroxylation sites is 1. The van der Waals surface area contributed by atoms with Crippen LogP contribution in [0.25, 0.3) is 0 Å². The lowest BCUT2D eigenvalue weighted by molar-refractivity contribution is 0.413. The van der Waals surface area contributed by atoms with Crippen LogP contribution in [-0.2, 0) is 0 Å². The molecule has 0 bridgehead atoms. The molecule has 0 unspecified atom stereocenters. The Kier molecular flexibility index (Phi) is 4.97. The maximum atomic E-state index is 10.4. The molecular weight excluding hydrogens is 356 g/mol. The summed E-state index contributed by atoms with van der Waals surface area (Å²) in [7, 11) is 1.67. The van der Waals surface area contributed by atoms with Crippen LogP contribution >= 0.6 is 11.3 Å². The summed E-state index contributed by atoms with van der Waals surface area (Å²) >= 11 is 1.71. The first kappa shape index (κ1) is 17.8. The van der Waals surface area contributed by atoms with Crippen LogP contribution in [0.4, 0.5) is 0 Å². The van der Waals surface area contributed by atoms with Crippen molar-refractivity contribution < 1.29 is 9.84 Å². The van der Waals surface area contributed by atoms with Crippen LogP contribution < -0.4 is 10.1 Å². The van der Waals surface area contributed by atoms with Crippen molar-refractivity contribution in [1.82, 2.24) is 5.32 Å². The molecule has 0 fully saturated rings. The van der Waals surface area contributed by atoms with Gasteiger partial charge in [0.15, 0.2) is 0 Å². The fourth-order valence-corrected chi connectivity index (χ4v) is 4.37. The van der Waals surface area contributed by atoms with E-state index >= 15 is 0 Å². The Hall–Kier alpha value is -2.63. The summed E-state index contributed by atoms with van der Waals surface area (Å²) < 4.78 is 5.27. The van der Waals surface area contributed by atoms with Crippen molar-refractivity contribution in [3.05, 3.63) is 81.5 Å². The molecule has 27 heavy (non-hydrogen) atoms. The van der Waals surface area contributed by atoms with Crippen molar-refractivity contribution in [2.45, 2.75) is 25.6 Å². The highest BCUT2D eigenvalue weighted by molar-refractivity contribution is 7.10. The van der Waals surface area contributed by atoms with Crippen molar-refractivity contribution in [3.63, 3.8) is 0 Å². The van der Waals surface area contributed by atoms with Crippen LogP contribution in [0.1, 0.15) is 40.2 Å². The molecule has 138 valence electrons. The second kappa shape index (κ2) is 7.55. The molecule has 0 spiro atoms. The van der Waals surface area contributed by atoms with Crippen LogP contribution in [0.3, 0.4) is 0 Å². The molecule has 0 saturated heterocycles. The summed E-state index contributed by atoms with van der Waals surface area (Å²) in [5, 5.41) is 16.1. The van der Waals surface area contributed by atoms with Crippen LogP contribution in [-0.4, -0.2) is 17.9 Å². The highest BCUT2D eigenvalue weighted by Crippen LogP contribution is 2.36. The number of thiophene rings is 1. The third-order valence-electron chi connectivity index (χ3n) is 4.93. The third kappa shape index (κ3) is 3.61. The standard InChI is InChI=1S/C22H22N2O2S/c1-14-11-12-27-21(14)22-23-18(15-7-9-16(26-2)10-8-15)13-19(24-22)17-5-3-4-6-20(17)25/h3-12,19,22,24-25H,13H2,1-2H3/t19-,22-/m1/s1. The number of nitrogens with zero attached hydrogens (tertiary/aromatic N) is 1. The second-order valence-electron chi connectivity index (χ2n) is 6.66. The lowest BCUT2D eigenvalue weighted by atomic mass is 9.94. The number of rotatable bonds is 4. The first-order valence-corrected chi connectivity index (χ1v) is 9.82. The van der Waals surface area contributed by atoms with Crippen LogP contribution in [0.2, 0.25) is 0 Å². The smallest absolute Gasteiger partial charge is 0.135 e. The van der Waals surface area contributed by atoms with Gasteiger partial charge >= 0.3 is 0 Å². The van der Waals surface area contributed by atoms with Gasteiger partial charge in [-0.3, -0.25) is 10.3 Å². The molecule has 3 aromatic rings. The molecule has 0 saturated carbocycles. The van der Waals surface area contributed by atoms with E-state index in [0.29, 0.717) is 12.2 Å². The van der Waals surface area contributed by atoms with E-state index in [0.717, 1.165) is 22.6 Å². The predicted octanol–water partition coefficient (Wildman–Crippen LogP) is 4.99. The zero-order valence-electron chi connectivity index (χ0n) is 15.3. The van der Waals surface area contributed by atoms with Crippen LogP contribution in [0, 0.1) is 6.92 Å². The monoisotopic (exact) mass is 378 g/mol. The minimum atomic E-state index is -0.125. The second-order valence-corrected chi connectivity index (χ2v) is 7.60. The first-order valence-electron chi connectivity index (χ1n) is 8.94. The SMILES string of the molecule is COc1ccc(C2=N[C@@H](c3sccc3C)N[C@@H](c3ccccc3O)C2)cc1. The van der Waals surface area contributed by atoms with Gasteiger partial charge in [0.2, 0.25) is 0 Å². The number of aliphatic imine (C=N–C) groups is 1. The summed E-state index contributed by atoms with van der Waals surface area (Å²) in [5.41, 5.74) is 4.24. The number of benzene rings is 2. The highest BCUT2D eigenvalue weighted by Gasteiger charge is 2.28. The van der Waals surface area contributed by atoms with Crippen molar-refractivity contribution in [2.24, 2.45) is 4.99 Å². The fraction of sp³-hybridized carbons (Fsp3) is 0.227. The molecule has 2 heterocycles. The largest absolute Gasteiger partial charge is 0.508 e. The third-order valence-corrected chi connectivity index (χ3v) is 6.00. The average Bonchev–Trinajstić information content (AvgIpc) is 3.14. The summed E-state index contributed by atoms with van der Waals surface area (Å²) in [6, 6.07) is 17.6. The van der Waals surface area contributed by atoms with Gasteiger partial charge < -0.3 is 9.84 Å². The van der Waals surface area contributed by atoms with E-state index in [1.807, 2.05) is 42.5 Å². The number of hydrogen-bond donors (Lipinski definition) is 2. The molecule has 4 nitrogen and oxygen atoms in total. The van der Waals surface area contributed by atoms with E-state index in [2.05, 4.69) is 23.7 Å². The summed E-state index contributed by atoms with van der Waals surface area (Å²) in [5.74, 6) is 1.14. The van der Waals surface area contributed by atoms with E-state index in [1.165, 1.54) is 10.4 Å². The summed E-state index contributed by atoms with van der Waals surface area (Å²) in [4.78, 5) is 6.22. The Morgan fingerprint density at radius 3 is 2.56 bits per heavy atom. The predicted molar refractivity (Wildman–Crippen MR) is 110 cm³/mol. The lowest BCUT2D eigenvalue weighted by Crippen LogP contribution is -2.33. The molecule has 0 amide bonds. The molecule has 4 rings (SSSR count). The van der Waals surface area contributed by atoms with E-state index in [-0.39, 0.29) is 12.2 Å². The van der Waals surface area contributed by atoms with Gasteiger partial charge in [-0.15, -0.1) is 11.3 Å². The van der Waals surface area contributed by atoms with E-state index in [1.54, 1.807) is 24.5 Å². The van der Waals surface area contributed by atoms with Crippen molar-refractivity contribution in [1.29, 1.82) is 0 Å². The highest BCUT2D eigenvalue weighted by atomic mass is 32.1. The van der Waals surface area contributed by atoms with E-state index < -0.39 is 0 Å². The van der Waals surface area contributed by atoms with E-state index in [4.69, 9.17) is 9.73 Å². The number of hydrogen-bond acceptors (Lipinski definition) is 5. The van der Waals surface area contributed by atoms with Gasteiger partial charge in [0, 0.05) is 28.6 Å². The number of phenols is 1. The Labute approximate surface area is 163 Å². The van der Waals surface area contributed by atoms with Gasteiger partial charge in [0.1, 0.15) is 17.7 Å². The molecule has 2 aromatic carbocycles. The zero-order valence-corrected chi connectivity index (χ0v) is 16.2. The zero-order chi connectivity index (χ0) is 18.8. The van der Waals surface area contributed by atoms with Crippen LogP contribution in [0.5, 0.6) is 11.5 Å². The van der Waals surface area contributed by atoms with Gasteiger partial charge in [-0.05, 0) is 59.8 Å². The quantitative estimate of drug-likeness (QED) is 0.672. The van der Waals surface area contributed by atoms with Gasteiger partial charge in [-0.1, -0.05) is 18.2 Å². The van der Waals surface area contributed by atoms with Gasteiger partial charge in [-0.2, -0.15) is 0 Å². The number of aryl methyl sites for hydroxylation is 1. The molecule has 2 N–H and O–H groups in total. The Bertz CT molecular complexity index is 962. The molecule has 1 aliphatic heterocycles. The Balaban J connectivity index is 1.74. The number of phenolic OH excluding ortho intramolecular Hbond substituents is 1. The van der Waals surface area contributed by atoms with Gasteiger partial charge in [0.05, 0.1) is 7.11 Å². The lowest BCUT2D eigenvalue weighted by Gasteiger charge is -2.30. The normalized spacial score (nSPS) is 19.6. The fourth-order valence-electron chi connectivity index (χ4n) is 3.45. The van der Waals surface area contributed by atoms with Gasteiger partial charge in [-0.25, -0.2) is 0 Å². The number of aromatic hydroxyl groups is 1. The average molecular weight is 378 g/mol. The molecule has 0 radical (unpaired) electrons. The summed E-state index contributed by atoms with van der Waals surface area (Å²) in [6.07, 6.45) is 0.589. The van der Waals surface area contributed by atoms with Crippen LogP contribution in [0.15, 0.2) is 65.0 Å². The molecular formula is C22H22N2O2S. The van der Waals surface area contributed by atoms with Crippen molar-refractivity contribution >= 4 is 17.0 Å². The molecule has 1 aliphatic rings. The van der Waals surface area contributed by atoms with Gasteiger partial charge in [0.25, 0.3) is 0 Å². The molecule has 0 aliphatic carbocycles. The molecule has 5 heteroatoms. The topological polar surface area (TPSA) is 53.8 Å². The van der Waals surface area contributed by atoms with E-state index in [9.17, 15) is 5.11 Å². The minimum absolute atomic E-state index is 0.00713. The number of methoxy groups -OCH3 is 1. The van der Waals surface area contributed by atoms with Crippen molar-refractivity contribution in [3.8, 4) is 11.5 Å². The minimum Gasteiger partial charge on any atom is -0.508 e. The Morgan fingerprint density at radius 1 is 1.11 bits per heavy atom. The summed E-state index contributed by atoms with van der Waals surface area (Å²) in [6.45, 7) is 2.11.